The molecule has 4 nitrogen and oxygen atoms in total. The van der Waals surface area contributed by atoms with Gasteiger partial charge in [-0.2, -0.15) is 0 Å². The summed E-state index contributed by atoms with van der Waals surface area (Å²) >= 11 is 5.96. The molecule has 0 unspecified atom stereocenters. The van der Waals surface area contributed by atoms with Gasteiger partial charge < -0.3 is 15.8 Å². The summed E-state index contributed by atoms with van der Waals surface area (Å²) in [4.78, 5) is 4.24. The molecular formula is C13H14ClN3O. The van der Waals surface area contributed by atoms with Gasteiger partial charge in [-0.3, -0.25) is 0 Å². The van der Waals surface area contributed by atoms with Crippen molar-refractivity contribution < 1.29 is 4.74 Å². The molecule has 5 heteroatoms. The fraction of sp³-hybridized carbons (Fsp3) is 0.154. The maximum atomic E-state index is 5.96. The number of nitrogens with one attached hydrogen (secondary N) is 1. The molecule has 2 aromatic rings. The zero-order chi connectivity index (χ0) is 13.1. The van der Waals surface area contributed by atoms with E-state index in [1.807, 2.05) is 19.1 Å². The van der Waals surface area contributed by atoms with Gasteiger partial charge in [-0.1, -0.05) is 11.6 Å². The molecule has 3 N–H and O–H groups in total. The Balaban J connectivity index is 2.28. The summed E-state index contributed by atoms with van der Waals surface area (Å²) in [5.74, 6) is 1.22. The van der Waals surface area contributed by atoms with Gasteiger partial charge >= 0.3 is 0 Å². The first-order valence-electron chi connectivity index (χ1n) is 5.43. The van der Waals surface area contributed by atoms with E-state index >= 15 is 0 Å². The van der Waals surface area contributed by atoms with E-state index in [1.165, 1.54) is 0 Å². The summed E-state index contributed by atoms with van der Waals surface area (Å²) in [5.41, 5.74) is 8.33. The molecule has 0 aliphatic carbocycles. The van der Waals surface area contributed by atoms with Crippen LogP contribution in [-0.2, 0) is 0 Å². The lowest BCUT2D eigenvalue weighted by Crippen LogP contribution is -1.99. The highest BCUT2D eigenvalue weighted by Crippen LogP contribution is 2.29. The van der Waals surface area contributed by atoms with E-state index in [2.05, 4.69) is 10.3 Å². The number of halogens is 1. The zero-order valence-corrected chi connectivity index (χ0v) is 11.0. The molecule has 0 amide bonds. The third-order valence-electron chi connectivity index (χ3n) is 2.47. The van der Waals surface area contributed by atoms with Gasteiger partial charge in [-0.25, -0.2) is 4.98 Å². The second-order valence-electron chi connectivity index (χ2n) is 3.92. The van der Waals surface area contributed by atoms with E-state index in [1.54, 1.807) is 25.4 Å². The monoisotopic (exact) mass is 263 g/mol. The number of methoxy groups -OCH3 is 1. The van der Waals surface area contributed by atoms with Gasteiger partial charge in [0.25, 0.3) is 0 Å². The van der Waals surface area contributed by atoms with Crippen molar-refractivity contribution in [1.82, 2.24) is 4.98 Å². The molecule has 0 bridgehead atoms. The van der Waals surface area contributed by atoms with Crippen LogP contribution in [0.5, 0.6) is 5.75 Å². The number of pyridine rings is 1. The maximum Gasteiger partial charge on any atom is 0.153 e. The number of anilines is 3. The Morgan fingerprint density at radius 2 is 2.11 bits per heavy atom. The number of rotatable bonds is 3. The van der Waals surface area contributed by atoms with Gasteiger partial charge in [0.1, 0.15) is 5.75 Å². The number of nitrogen functional groups attached to an aromatic ring is 1. The zero-order valence-electron chi connectivity index (χ0n) is 10.2. The topological polar surface area (TPSA) is 60.2 Å². The van der Waals surface area contributed by atoms with Crippen LogP contribution in [0, 0.1) is 6.92 Å². The number of hydrogen-bond acceptors (Lipinski definition) is 4. The molecule has 0 atom stereocenters. The first-order valence-corrected chi connectivity index (χ1v) is 5.80. The van der Waals surface area contributed by atoms with Gasteiger partial charge in [-0.15, -0.1) is 0 Å². The van der Waals surface area contributed by atoms with E-state index < -0.39 is 0 Å². The van der Waals surface area contributed by atoms with Gasteiger partial charge in [0.05, 0.1) is 17.8 Å². The SMILES string of the molecule is COc1cc(Nc2ncc(C)cc2N)ccc1Cl. The van der Waals surface area contributed by atoms with Crippen LogP contribution in [0.3, 0.4) is 0 Å². The molecule has 94 valence electrons. The van der Waals surface area contributed by atoms with E-state index in [0.717, 1.165) is 11.3 Å². The largest absolute Gasteiger partial charge is 0.495 e. The van der Waals surface area contributed by atoms with Crippen LogP contribution >= 0.6 is 11.6 Å². The van der Waals surface area contributed by atoms with Crippen LogP contribution < -0.4 is 15.8 Å². The van der Waals surface area contributed by atoms with Crippen molar-refractivity contribution in [2.24, 2.45) is 0 Å². The van der Waals surface area contributed by atoms with Crippen molar-refractivity contribution in [3.05, 3.63) is 41.0 Å². The van der Waals surface area contributed by atoms with Gasteiger partial charge in [0, 0.05) is 18.0 Å². The number of hydrogen-bond donors (Lipinski definition) is 2. The predicted molar refractivity (Wildman–Crippen MR) is 74.7 cm³/mol. The molecule has 0 fully saturated rings. The Morgan fingerprint density at radius 1 is 1.33 bits per heavy atom. The molecule has 0 aliphatic heterocycles. The molecule has 0 spiro atoms. The molecule has 1 aromatic carbocycles. The Morgan fingerprint density at radius 3 is 2.78 bits per heavy atom. The number of aryl methyl sites for hydroxylation is 1. The standard InChI is InChI=1S/C13H14ClN3O/c1-8-5-11(15)13(16-7-8)17-9-3-4-10(14)12(6-9)18-2/h3-7H,15H2,1-2H3,(H,16,17). The summed E-state index contributed by atoms with van der Waals surface area (Å²) in [6, 6.07) is 7.25. The second kappa shape index (κ2) is 5.14. The van der Waals surface area contributed by atoms with Crippen LogP contribution in [0.2, 0.25) is 5.02 Å². The molecule has 1 heterocycles. The van der Waals surface area contributed by atoms with Gasteiger partial charge in [0.15, 0.2) is 5.82 Å². The minimum atomic E-state index is 0.563. The fourth-order valence-corrected chi connectivity index (χ4v) is 1.77. The Bertz CT molecular complexity index is 572. The second-order valence-corrected chi connectivity index (χ2v) is 4.33. The number of aromatic nitrogens is 1. The van der Waals surface area contributed by atoms with Crippen molar-refractivity contribution in [1.29, 1.82) is 0 Å². The number of ether oxygens (including phenoxy) is 1. The molecule has 0 saturated heterocycles. The van der Waals surface area contributed by atoms with Crippen LogP contribution in [0.4, 0.5) is 17.2 Å². The minimum Gasteiger partial charge on any atom is -0.495 e. The normalized spacial score (nSPS) is 10.2. The number of nitrogens with two attached hydrogens (primary N) is 1. The van der Waals surface area contributed by atoms with Gasteiger partial charge in [-0.05, 0) is 30.7 Å². The van der Waals surface area contributed by atoms with Gasteiger partial charge in [0.2, 0.25) is 0 Å². The molecule has 1 aromatic heterocycles. The van der Waals surface area contributed by atoms with Crippen molar-refractivity contribution in [3.8, 4) is 5.75 Å². The summed E-state index contributed by atoms with van der Waals surface area (Å²) < 4.78 is 5.15. The summed E-state index contributed by atoms with van der Waals surface area (Å²) in [5, 5.41) is 3.69. The molecule has 18 heavy (non-hydrogen) atoms. The Kier molecular flexibility index (Phi) is 3.58. The Labute approximate surface area is 111 Å². The lowest BCUT2D eigenvalue weighted by molar-refractivity contribution is 0.415. The summed E-state index contributed by atoms with van der Waals surface area (Å²) in [6.45, 7) is 1.94. The van der Waals surface area contributed by atoms with E-state index in [9.17, 15) is 0 Å². The van der Waals surface area contributed by atoms with Crippen molar-refractivity contribution in [2.75, 3.05) is 18.2 Å². The van der Waals surface area contributed by atoms with E-state index in [-0.39, 0.29) is 0 Å². The average molecular weight is 264 g/mol. The quantitative estimate of drug-likeness (QED) is 0.891. The lowest BCUT2D eigenvalue weighted by atomic mass is 10.2. The molecule has 0 radical (unpaired) electrons. The maximum absolute atomic E-state index is 5.96. The summed E-state index contributed by atoms with van der Waals surface area (Å²) in [6.07, 6.45) is 1.76. The smallest absolute Gasteiger partial charge is 0.153 e. The lowest BCUT2D eigenvalue weighted by Gasteiger charge is -2.10. The number of benzene rings is 1. The third kappa shape index (κ3) is 2.65. The third-order valence-corrected chi connectivity index (χ3v) is 2.78. The van der Waals surface area contributed by atoms with Crippen molar-refractivity contribution in [3.63, 3.8) is 0 Å². The van der Waals surface area contributed by atoms with Crippen LogP contribution in [-0.4, -0.2) is 12.1 Å². The first-order chi connectivity index (χ1) is 8.60. The van der Waals surface area contributed by atoms with Crippen LogP contribution in [0.1, 0.15) is 5.56 Å². The van der Waals surface area contributed by atoms with Crippen LogP contribution in [0.15, 0.2) is 30.5 Å². The highest BCUT2D eigenvalue weighted by Gasteiger charge is 2.05. The average Bonchev–Trinajstić information content (AvgIpc) is 2.35. The van der Waals surface area contributed by atoms with Crippen molar-refractivity contribution in [2.45, 2.75) is 6.92 Å². The van der Waals surface area contributed by atoms with Crippen LogP contribution in [0.25, 0.3) is 0 Å². The molecule has 0 aliphatic rings. The predicted octanol–water partition coefficient (Wildman–Crippen LogP) is 3.38. The Hall–Kier alpha value is -1.94. The summed E-state index contributed by atoms with van der Waals surface area (Å²) in [7, 11) is 1.57. The molecule has 0 saturated carbocycles. The molecular weight excluding hydrogens is 250 g/mol. The van der Waals surface area contributed by atoms with E-state index in [4.69, 9.17) is 22.1 Å². The highest BCUT2D eigenvalue weighted by atomic mass is 35.5. The first kappa shape index (κ1) is 12.5. The minimum absolute atomic E-state index is 0.563. The number of nitrogens with zero attached hydrogens (tertiary/aromatic N) is 1. The van der Waals surface area contributed by atoms with E-state index in [0.29, 0.717) is 22.3 Å². The highest BCUT2D eigenvalue weighted by molar-refractivity contribution is 6.32. The fourth-order valence-electron chi connectivity index (χ4n) is 1.57. The molecule has 2 rings (SSSR count). The van der Waals surface area contributed by atoms with Crippen molar-refractivity contribution >= 4 is 28.8 Å².